The lowest BCUT2D eigenvalue weighted by atomic mass is 10.1. The van der Waals surface area contributed by atoms with E-state index >= 15 is 0 Å². The maximum atomic E-state index is 8.59. The van der Waals surface area contributed by atoms with Gasteiger partial charge in [0.25, 0.3) is 0 Å². The molecule has 0 spiro atoms. The molecule has 1 fully saturated rings. The lowest BCUT2D eigenvalue weighted by molar-refractivity contribution is 0.107. The van der Waals surface area contributed by atoms with Crippen molar-refractivity contribution in [1.29, 1.82) is 0 Å². The molecule has 1 saturated carbocycles. The number of methoxy groups -OCH3 is 1. The van der Waals surface area contributed by atoms with E-state index in [1.54, 1.807) is 7.11 Å². The number of hydrogen-bond donors (Lipinski definition) is 3. The van der Waals surface area contributed by atoms with Gasteiger partial charge in [-0.3, -0.25) is 0 Å². The summed E-state index contributed by atoms with van der Waals surface area (Å²) in [5.41, 5.74) is 7.44. The minimum Gasteiger partial charge on any atom is -0.409 e. The van der Waals surface area contributed by atoms with Gasteiger partial charge in [0.1, 0.15) is 0 Å². The summed E-state index contributed by atoms with van der Waals surface area (Å²) in [7, 11) is 1.78. The van der Waals surface area contributed by atoms with Crippen LogP contribution in [0.1, 0.15) is 30.4 Å². The Morgan fingerprint density at radius 2 is 2.16 bits per heavy atom. The molecule has 0 bridgehead atoms. The second kappa shape index (κ2) is 6.54. The van der Waals surface area contributed by atoms with Crippen molar-refractivity contribution in [3.8, 4) is 0 Å². The summed E-state index contributed by atoms with van der Waals surface area (Å²) in [4.78, 5) is 0. The number of ether oxygens (including phenoxy) is 1. The molecule has 0 saturated heterocycles. The SMILES string of the molecule is COC1CCC(NCc2ccc(/C(N)=N/O)cc2)C1. The maximum absolute atomic E-state index is 8.59. The van der Waals surface area contributed by atoms with Gasteiger partial charge in [0, 0.05) is 25.3 Å². The van der Waals surface area contributed by atoms with Gasteiger partial charge in [-0.25, -0.2) is 0 Å². The van der Waals surface area contributed by atoms with E-state index < -0.39 is 0 Å². The smallest absolute Gasteiger partial charge is 0.170 e. The zero-order valence-corrected chi connectivity index (χ0v) is 11.2. The first-order chi connectivity index (χ1) is 9.22. The molecule has 1 aliphatic rings. The molecule has 1 aliphatic carbocycles. The van der Waals surface area contributed by atoms with Crippen LogP contribution in [0.4, 0.5) is 0 Å². The fourth-order valence-electron chi connectivity index (χ4n) is 2.45. The molecule has 0 amide bonds. The Balaban J connectivity index is 1.84. The van der Waals surface area contributed by atoms with Crippen LogP contribution in [0.25, 0.3) is 0 Å². The molecular formula is C14H21N3O2. The van der Waals surface area contributed by atoms with Gasteiger partial charge in [0.15, 0.2) is 5.84 Å². The van der Waals surface area contributed by atoms with Gasteiger partial charge >= 0.3 is 0 Å². The Labute approximate surface area is 113 Å². The van der Waals surface area contributed by atoms with Crippen molar-refractivity contribution in [2.75, 3.05) is 7.11 Å². The van der Waals surface area contributed by atoms with Crippen molar-refractivity contribution >= 4 is 5.84 Å². The standard InChI is InChI=1S/C14H21N3O2/c1-19-13-7-6-12(8-13)16-9-10-2-4-11(5-3-10)14(15)17-18/h2-5,12-13,16,18H,6-9H2,1H3,(H2,15,17). The van der Waals surface area contributed by atoms with E-state index in [1.165, 1.54) is 12.0 Å². The third kappa shape index (κ3) is 3.68. The molecule has 0 aliphatic heterocycles. The number of hydrogen-bond acceptors (Lipinski definition) is 4. The van der Waals surface area contributed by atoms with E-state index in [-0.39, 0.29) is 5.84 Å². The molecular weight excluding hydrogens is 242 g/mol. The van der Waals surface area contributed by atoms with Crippen molar-refractivity contribution in [3.63, 3.8) is 0 Å². The molecule has 1 aromatic carbocycles. The van der Waals surface area contributed by atoms with E-state index in [0.29, 0.717) is 12.1 Å². The molecule has 2 atom stereocenters. The van der Waals surface area contributed by atoms with Crippen molar-refractivity contribution in [2.24, 2.45) is 10.9 Å². The highest BCUT2D eigenvalue weighted by molar-refractivity contribution is 5.96. The molecule has 5 heteroatoms. The number of nitrogens with one attached hydrogen (secondary N) is 1. The zero-order chi connectivity index (χ0) is 13.7. The lowest BCUT2D eigenvalue weighted by Crippen LogP contribution is -2.26. The van der Waals surface area contributed by atoms with Gasteiger partial charge in [0.05, 0.1) is 6.10 Å². The second-order valence-electron chi connectivity index (χ2n) is 4.93. The number of nitrogens with zero attached hydrogens (tertiary/aromatic N) is 1. The van der Waals surface area contributed by atoms with Crippen LogP contribution in [0.3, 0.4) is 0 Å². The average Bonchev–Trinajstić information content (AvgIpc) is 2.93. The fraction of sp³-hybridized carbons (Fsp3) is 0.500. The molecule has 0 aromatic heterocycles. The van der Waals surface area contributed by atoms with Gasteiger partial charge in [-0.05, 0) is 24.8 Å². The Bertz CT molecular complexity index is 431. The number of benzene rings is 1. The highest BCUT2D eigenvalue weighted by Gasteiger charge is 2.23. The summed E-state index contributed by atoms with van der Waals surface area (Å²) in [5.74, 6) is 0.137. The number of amidine groups is 1. The van der Waals surface area contributed by atoms with E-state index in [1.807, 2.05) is 24.3 Å². The number of oxime groups is 1. The van der Waals surface area contributed by atoms with Crippen molar-refractivity contribution in [3.05, 3.63) is 35.4 Å². The van der Waals surface area contributed by atoms with Crippen LogP contribution in [-0.4, -0.2) is 30.3 Å². The monoisotopic (exact) mass is 263 g/mol. The molecule has 19 heavy (non-hydrogen) atoms. The largest absolute Gasteiger partial charge is 0.409 e. The van der Waals surface area contributed by atoms with Crippen LogP contribution in [-0.2, 0) is 11.3 Å². The van der Waals surface area contributed by atoms with Gasteiger partial charge in [0.2, 0.25) is 0 Å². The van der Waals surface area contributed by atoms with Crippen molar-refractivity contribution < 1.29 is 9.94 Å². The lowest BCUT2D eigenvalue weighted by Gasteiger charge is -2.13. The Morgan fingerprint density at radius 3 is 2.74 bits per heavy atom. The quantitative estimate of drug-likeness (QED) is 0.325. The van der Waals surface area contributed by atoms with E-state index in [4.69, 9.17) is 15.7 Å². The van der Waals surface area contributed by atoms with Gasteiger partial charge in [-0.15, -0.1) is 0 Å². The summed E-state index contributed by atoms with van der Waals surface area (Å²) in [6.07, 6.45) is 3.79. The third-order valence-electron chi connectivity index (χ3n) is 3.67. The minimum absolute atomic E-state index is 0.137. The minimum atomic E-state index is 0.137. The summed E-state index contributed by atoms with van der Waals surface area (Å²) in [5, 5.41) is 15.1. The first-order valence-electron chi connectivity index (χ1n) is 6.56. The first-order valence-corrected chi connectivity index (χ1v) is 6.56. The summed E-state index contributed by atoms with van der Waals surface area (Å²) in [6.45, 7) is 0.831. The fourth-order valence-corrected chi connectivity index (χ4v) is 2.45. The summed E-state index contributed by atoms with van der Waals surface area (Å²) in [6, 6.07) is 8.23. The molecule has 2 rings (SSSR count). The molecule has 104 valence electrons. The van der Waals surface area contributed by atoms with Crippen LogP contribution in [0.5, 0.6) is 0 Å². The molecule has 2 unspecified atom stereocenters. The maximum Gasteiger partial charge on any atom is 0.170 e. The highest BCUT2D eigenvalue weighted by atomic mass is 16.5. The van der Waals surface area contributed by atoms with Crippen LogP contribution in [0, 0.1) is 0 Å². The van der Waals surface area contributed by atoms with Gasteiger partial charge in [-0.1, -0.05) is 29.4 Å². The van der Waals surface area contributed by atoms with E-state index in [2.05, 4.69) is 10.5 Å². The Morgan fingerprint density at radius 1 is 1.42 bits per heavy atom. The average molecular weight is 263 g/mol. The van der Waals surface area contributed by atoms with Crippen LogP contribution in [0.2, 0.25) is 0 Å². The number of rotatable bonds is 5. The third-order valence-corrected chi connectivity index (χ3v) is 3.67. The second-order valence-corrected chi connectivity index (χ2v) is 4.93. The van der Waals surface area contributed by atoms with Crippen LogP contribution in [0.15, 0.2) is 29.4 Å². The van der Waals surface area contributed by atoms with Gasteiger partial charge in [-0.2, -0.15) is 0 Å². The normalized spacial score (nSPS) is 23.7. The topological polar surface area (TPSA) is 79.9 Å². The van der Waals surface area contributed by atoms with Crippen LogP contribution >= 0.6 is 0 Å². The molecule has 5 nitrogen and oxygen atoms in total. The molecule has 0 heterocycles. The highest BCUT2D eigenvalue weighted by Crippen LogP contribution is 2.21. The Hall–Kier alpha value is -1.59. The van der Waals surface area contributed by atoms with Gasteiger partial charge < -0.3 is 21.0 Å². The van der Waals surface area contributed by atoms with E-state index in [0.717, 1.165) is 24.9 Å². The van der Waals surface area contributed by atoms with Crippen LogP contribution < -0.4 is 11.1 Å². The first kappa shape index (κ1) is 13.8. The molecule has 4 N–H and O–H groups in total. The zero-order valence-electron chi connectivity index (χ0n) is 11.2. The predicted octanol–water partition coefficient (Wildman–Crippen LogP) is 1.44. The molecule has 1 aromatic rings. The predicted molar refractivity (Wildman–Crippen MR) is 74.2 cm³/mol. The van der Waals surface area contributed by atoms with Crippen molar-refractivity contribution in [2.45, 2.75) is 38.0 Å². The Kier molecular flexibility index (Phi) is 4.76. The summed E-state index contributed by atoms with van der Waals surface area (Å²) >= 11 is 0. The number of nitrogens with two attached hydrogens (primary N) is 1. The summed E-state index contributed by atoms with van der Waals surface area (Å²) < 4.78 is 5.36. The van der Waals surface area contributed by atoms with E-state index in [9.17, 15) is 0 Å². The van der Waals surface area contributed by atoms with Crippen molar-refractivity contribution in [1.82, 2.24) is 5.32 Å². The molecule has 0 radical (unpaired) electrons.